The summed E-state index contributed by atoms with van der Waals surface area (Å²) < 4.78 is 5.52. The molecular weight excluding hydrogens is 388 g/mol. The van der Waals surface area contributed by atoms with Gasteiger partial charge >= 0.3 is 0 Å². The number of likely N-dealkylation sites (tertiary alicyclic amines) is 1. The molecule has 172 valence electrons. The van der Waals surface area contributed by atoms with Crippen molar-refractivity contribution >= 4 is 5.96 Å². The van der Waals surface area contributed by atoms with E-state index < -0.39 is 0 Å². The van der Waals surface area contributed by atoms with Crippen LogP contribution in [0.5, 0.6) is 0 Å². The summed E-state index contributed by atoms with van der Waals surface area (Å²) in [5.74, 6) is 1.10. The van der Waals surface area contributed by atoms with Crippen LogP contribution in [0.1, 0.15) is 18.9 Å². The van der Waals surface area contributed by atoms with Crippen LogP contribution in [0.25, 0.3) is 0 Å². The molecule has 3 heterocycles. The monoisotopic (exact) mass is 428 g/mol. The Morgan fingerprint density at radius 3 is 2.48 bits per heavy atom. The first-order valence-corrected chi connectivity index (χ1v) is 12.2. The van der Waals surface area contributed by atoms with E-state index in [1.807, 2.05) is 0 Å². The summed E-state index contributed by atoms with van der Waals surface area (Å²) in [7, 11) is 0. The lowest BCUT2D eigenvalue weighted by atomic mass is 10.2. The second kappa shape index (κ2) is 11.8. The molecule has 7 heteroatoms. The number of guanidine groups is 1. The fourth-order valence-electron chi connectivity index (χ4n) is 4.91. The normalized spacial score (nSPS) is 24.6. The number of ether oxygens (including phenoxy) is 1. The third-order valence-electron chi connectivity index (χ3n) is 6.75. The van der Waals surface area contributed by atoms with Gasteiger partial charge in [-0.15, -0.1) is 0 Å². The average Bonchev–Trinajstić information content (AvgIpc) is 3.31. The molecule has 0 amide bonds. The number of morpholine rings is 1. The van der Waals surface area contributed by atoms with Crippen LogP contribution in [-0.4, -0.2) is 117 Å². The Labute approximate surface area is 188 Å². The van der Waals surface area contributed by atoms with Crippen molar-refractivity contribution in [2.45, 2.75) is 25.9 Å². The highest BCUT2D eigenvalue weighted by Crippen LogP contribution is 2.17. The van der Waals surface area contributed by atoms with E-state index in [-0.39, 0.29) is 0 Å². The lowest BCUT2D eigenvalue weighted by Crippen LogP contribution is -2.47. The minimum Gasteiger partial charge on any atom is -0.379 e. The maximum Gasteiger partial charge on any atom is 0.194 e. The van der Waals surface area contributed by atoms with Crippen LogP contribution in [0.3, 0.4) is 0 Å². The quantitative estimate of drug-likeness (QED) is 0.520. The van der Waals surface area contributed by atoms with Crippen molar-refractivity contribution in [2.24, 2.45) is 4.99 Å². The molecule has 0 aromatic heterocycles. The van der Waals surface area contributed by atoms with Gasteiger partial charge in [-0.3, -0.25) is 19.7 Å². The highest BCUT2D eigenvalue weighted by Gasteiger charge is 2.30. The molecule has 1 N–H and O–H groups in total. The molecule has 0 saturated carbocycles. The van der Waals surface area contributed by atoms with E-state index in [0.717, 1.165) is 97.7 Å². The fraction of sp³-hybridized carbons (Fsp3) is 0.708. The van der Waals surface area contributed by atoms with Gasteiger partial charge in [-0.05, 0) is 18.9 Å². The molecule has 3 fully saturated rings. The van der Waals surface area contributed by atoms with Gasteiger partial charge in [-0.2, -0.15) is 0 Å². The number of nitrogens with one attached hydrogen (secondary N) is 1. The summed E-state index contributed by atoms with van der Waals surface area (Å²) in [4.78, 5) is 15.2. The summed E-state index contributed by atoms with van der Waals surface area (Å²) >= 11 is 0. The Morgan fingerprint density at radius 2 is 1.74 bits per heavy atom. The van der Waals surface area contributed by atoms with E-state index in [1.54, 1.807) is 0 Å². The fourth-order valence-corrected chi connectivity index (χ4v) is 4.91. The van der Waals surface area contributed by atoms with Crippen LogP contribution < -0.4 is 5.32 Å². The van der Waals surface area contributed by atoms with Gasteiger partial charge in [0.25, 0.3) is 0 Å². The predicted octanol–water partition coefficient (Wildman–Crippen LogP) is 1.18. The van der Waals surface area contributed by atoms with Crippen molar-refractivity contribution < 1.29 is 4.74 Å². The van der Waals surface area contributed by atoms with Gasteiger partial charge in [0.1, 0.15) is 0 Å². The van der Waals surface area contributed by atoms with Crippen molar-refractivity contribution in [1.29, 1.82) is 0 Å². The van der Waals surface area contributed by atoms with E-state index in [4.69, 9.17) is 9.73 Å². The molecule has 1 aromatic carbocycles. The molecule has 0 aliphatic carbocycles. The molecule has 31 heavy (non-hydrogen) atoms. The molecule has 3 aliphatic heterocycles. The van der Waals surface area contributed by atoms with Crippen LogP contribution >= 0.6 is 0 Å². The Kier molecular flexibility index (Phi) is 8.58. The van der Waals surface area contributed by atoms with E-state index in [9.17, 15) is 0 Å². The second-order valence-corrected chi connectivity index (χ2v) is 8.88. The number of aliphatic imine (C=N–C) groups is 1. The Balaban J connectivity index is 1.20. The van der Waals surface area contributed by atoms with Crippen molar-refractivity contribution in [3.63, 3.8) is 0 Å². The van der Waals surface area contributed by atoms with Crippen LogP contribution in [0, 0.1) is 0 Å². The van der Waals surface area contributed by atoms with Crippen molar-refractivity contribution in [3.05, 3.63) is 35.9 Å². The second-order valence-electron chi connectivity index (χ2n) is 8.88. The Morgan fingerprint density at radius 1 is 1.00 bits per heavy atom. The molecule has 0 bridgehead atoms. The number of nitrogens with zero attached hydrogens (tertiary/aromatic N) is 5. The lowest BCUT2D eigenvalue weighted by Gasteiger charge is -2.34. The van der Waals surface area contributed by atoms with Crippen LogP contribution in [0.15, 0.2) is 35.3 Å². The smallest absolute Gasteiger partial charge is 0.194 e. The Bertz CT molecular complexity index is 670. The summed E-state index contributed by atoms with van der Waals surface area (Å²) in [5.41, 5.74) is 1.41. The highest BCUT2D eigenvalue weighted by atomic mass is 16.5. The third-order valence-corrected chi connectivity index (χ3v) is 6.75. The Hall–Kier alpha value is -1.67. The van der Waals surface area contributed by atoms with Gasteiger partial charge in [-0.1, -0.05) is 30.3 Å². The van der Waals surface area contributed by atoms with E-state index in [0.29, 0.717) is 6.04 Å². The first-order valence-electron chi connectivity index (χ1n) is 12.2. The number of piperazine rings is 1. The average molecular weight is 429 g/mol. The summed E-state index contributed by atoms with van der Waals surface area (Å²) in [5, 5.41) is 3.53. The molecule has 1 unspecified atom stereocenters. The molecule has 3 aliphatic rings. The van der Waals surface area contributed by atoms with Gasteiger partial charge in [0, 0.05) is 78.0 Å². The van der Waals surface area contributed by atoms with Crippen LogP contribution in [-0.2, 0) is 11.3 Å². The standard InChI is InChI=1S/C24H40N6O/c1-2-25-24(30-10-8-23(21-30)29-16-18-31-19-17-29)26-9-11-27-12-14-28(15-13-27)20-22-6-4-3-5-7-22/h3-7,23H,2,8-21H2,1H3,(H,25,26). The maximum atomic E-state index is 5.52. The summed E-state index contributed by atoms with van der Waals surface area (Å²) in [6.07, 6.45) is 1.23. The lowest BCUT2D eigenvalue weighted by molar-refractivity contribution is 0.0195. The summed E-state index contributed by atoms with van der Waals surface area (Å²) in [6, 6.07) is 11.5. The van der Waals surface area contributed by atoms with Crippen molar-refractivity contribution in [3.8, 4) is 0 Å². The molecule has 0 radical (unpaired) electrons. The van der Waals surface area contributed by atoms with E-state index in [1.165, 1.54) is 12.0 Å². The highest BCUT2D eigenvalue weighted by molar-refractivity contribution is 5.80. The zero-order valence-electron chi connectivity index (χ0n) is 19.2. The summed E-state index contributed by atoms with van der Waals surface area (Å²) in [6.45, 7) is 16.7. The number of hydrogen-bond acceptors (Lipinski definition) is 5. The van der Waals surface area contributed by atoms with Crippen LogP contribution in [0.2, 0.25) is 0 Å². The van der Waals surface area contributed by atoms with Gasteiger partial charge < -0.3 is 15.0 Å². The molecule has 0 spiro atoms. The van der Waals surface area contributed by atoms with Gasteiger partial charge in [-0.25, -0.2) is 0 Å². The van der Waals surface area contributed by atoms with Crippen molar-refractivity contribution in [2.75, 3.05) is 85.2 Å². The largest absolute Gasteiger partial charge is 0.379 e. The molecule has 7 nitrogen and oxygen atoms in total. The topological polar surface area (TPSA) is 46.6 Å². The van der Waals surface area contributed by atoms with E-state index >= 15 is 0 Å². The van der Waals surface area contributed by atoms with Gasteiger partial charge in [0.15, 0.2) is 5.96 Å². The number of rotatable bonds is 7. The maximum absolute atomic E-state index is 5.52. The van der Waals surface area contributed by atoms with Gasteiger partial charge in [0.2, 0.25) is 0 Å². The zero-order chi connectivity index (χ0) is 21.3. The first kappa shape index (κ1) is 22.5. The molecule has 1 atom stereocenters. The molecule has 3 saturated heterocycles. The molecule has 1 aromatic rings. The number of benzene rings is 1. The third kappa shape index (κ3) is 6.65. The first-order chi connectivity index (χ1) is 15.3. The van der Waals surface area contributed by atoms with Crippen molar-refractivity contribution in [1.82, 2.24) is 24.9 Å². The van der Waals surface area contributed by atoms with E-state index in [2.05, 4.69) is 62.2 Å². The number of hydrogen-bond donors (Lipinski definition) is 1. The minimum atomic E-state index is 0.644. The minimum absolute atomic E-state index is 0.644. The van der Waals surface area contributed by atoms with Gasteiger partial charge in [0.05, 0.1) is 19.8 Å². The SMILES string of the molecule is CCNC(=NCCN1CCN(Cc2ccccc2)CC1)N1CCC(N2CCOCC2)C1. The zero-order valence-corrected chi connectivity index (χ0v) is 19.2. The molecule has 4 rings (SSSR count). The predicted molar refractivity (Wildman–Crippen MR) is 127 cm³/mol. The van der Waals surface area contributed by atoms with Crippen LogP contribution in [0.4, 0.5) is 0 Å². The molecular formula is C24H40N6O.